The van der Waals surface area contributed by atoms with Crippen molar-refractivity contribution in [2.24, 2.45) is 5.92 Å². The van der Waals surface area contributed by atoms with Gasteiger partial charge >= 0.3 is 0 Å². The van der Waals surface area contributed by atoms with Gasteiger partial charge in [-0.05, 0) is 43.0 Å². The van der Waals surface area contributed by atoms with Gasteiger partial charge in [-0.3, -0.25) is 4.79 Å². The lowest BCUT2D eigenvalue weighted by Gasteiger charge is -2.32. The summed E-state index contributed by atoms with van der Waals surface area (Å²) in [6.07, 6.45) is 2.69. The van der Waals surface area contributed by atoms with Gasteiger partial charge in [0.25, 0.3) is 0 Å². The number of ketones is 1. The molecule has 1 aliphatic heterocycles. The van der Waals surface area contributed by atoms with E-state index in [2.05, 4.69) is 17.0 Å². The number of thiazole rings is 1. The molecular formula is C22H24N2O3S. The van der Waals surface area contributed by atoms with Crippen molar-refractivity contribution in [3.63, 3.8) is 0 Å². The molecule has 0 radical (unpaired) electrons. The number of hydrogen-bond donors (Lipinski definition) is 0. The molecule has 146 valence electrons. The number of nitrogens with zero attached hydrogens (tertiary/aromatic N) is 2. The Hall–Kier alpha value is -2.60. The molecule has 1 atom stereocenters. The zero-order valence-electron chi connectivity index (χ0n) is 16.0. The third kappa shape index (κ3) is 4.28. The summed E-state index contributed by atoms with van der Waals surface area (Å²) in [7, 11) is 1.60. The summed E-state index contributed by atoms with van der Waals surface area (Å²) in [5.41, 5.74) is 1.05. The fraction of sp³-hybridized carbons (Fsp3) is 0.364. The lowest BCUT2D eigenvalue weighted by molar-refractivity contribution is -0.122. The third-order valence-corrected chi connectivity index (χ3v) is 6.14. The summed E-state index contributed by atoms with van der Waals surface area (Å²) in [5, 5.41) is 1.06. The number of anilines is 1. The second-order valence-electron chi connectivity index (χ2n) is 7.10. The zero-order valence-corrected chi connectivity index (χ0v) is 16.8. The Balaban J connectivity index is 1.33. The SMILES string of the molecule is COc1ccccc1OCC(=O)CC1CCCN(c2nc3ccccc3s2)C1. The van der Waals surface area contributed by atoms with Crippen molar-refractivity contribution in [2.45, 2.75) is 19.3 Å². The Morgan fingerprint density at radius 1 is 1.18 bits per heavy atom. The summed E-state index contributed by atoms with van der Waals surface area (Å²) < 4.78 is 12.2. The lowest BCUT2D eigenvalue weighted by Crippen LogP contribution is -2.36. The van der Waals surface area contributed by atoms with Crippen molar-refractivity contribution < 1.29 is 14.3 Å². The van der Waals surface area contributed by atoms with Crippen LogP contribution in [-0.4, -0.2) is 37.6 Å². The van der Waals surface area contributed by atoms with Gasteiger partial charge in [-0.1, -0.05) is 35.6 Å². The molecule has 1 aromatic heterocycles. The van der Waals surface area contributed by atoms with E-state index in [9.17, 15) is 4.79 Å². The van der Waals surface area contributed by atoms with E-state index in [1.165, 1.54) is 4.70 Å². The van der Waals surface area contributed by atoms with Crippen LogP contribution >= 0.6 is 11.3 Å². The summed E-state index contributed by atoms with van der Waals surface area (Å²) >= 11 is 1.73. The minimum atomic E-state index is 0.0814. The molecule has 0 aliphatic carbocycles. The number of Topliss-reactive ketones (excluding diaryl/α,β-unsaturated/α-hetero) is 1. The first-order valence-corrected chi connectivity index (χ1v) is 10.4. The minimum absolute atomic E-state index is 0.0814. The van der Waals surface area contributed by atoms with Crippen molar-refractivity contribution in [3.05, 3.63) is 48.5 Å². The van der Waals surface area contributed by atoms with Crippen molar-refractivity contribution in [1.82, 2.24) is 4.98 Å². The van der Waals surface area contributed by atoms with Gasteiger partial charge in [0.05, 0.1) is 17.3 Å². The molecule has 0 amide bonds. The number of carbonyl (C=O) groups excluding carboxylic acids is 1. The third-order valence-electron chi connectivity index (χ3n) is 5.05. The fourth-order valence-corrected chi connectivity index (χ4v) is 4.68. The van der Waals surface area contributed by atoms with Crippen LogP contribution in [0.1, 0.15) is 19.3 Å². The van der Waals surface area contributed by atoms with E-state index in [1.807, 2.05) is 36.4 Å². The van der Waals surface area contributed by atoms with Gasteiger partial charge in [-0.2, -0.15) is 0 Å². The van der Waals surface area contributed by atoms with Gasteiger partial charge in [0, 0.05) is 19.5 Å². The largest absolute Gasteiger partial charge is 0.493 e. The summed E-state index contributed by atoms with van der Waals surface area (Å²) in [6, 6.07) is 15.6. The molecule has 2 aromatic carbocycles. The van der Waals surface area contributed by atoms with Crippen molar-refractivity contribution >= 4 is 32.5 Å². The second kappa shape index (κ2) is 8.61. The van der Waals surface area contributed by atoms with Gasteiger partial charge in [0.15, 0.2) is 22.4 Å². The molecule has 0 spiro atoms. The first-order chi connectivity index (χ1) is 13.7. The smallest absolute Gasteiger partial charge is 0.186 e. The summed E-state index contributed by atoms with van der Waals surface area (Å²) in [6.45, 7) is 1.96. The molecule has 1 aliphatic rings. The minimum Gasteiger partial charge on any atom is -0.493 e. The van der Waals surface area contributed by atoms with E-state index in [4.69, 9.17) is 14.5 Å². The van der Waals surface area contributed by atoms with E-state index >= 15 is 0 Å². The number of ether oxygens (including phenoxy) is 2. The number of para-hydroxylation sites is 3. The summed E-state index contributed by atoms with van der Waals surface area (Å²) in [5.74, 6) is 1.73. The molecule has 5 nitrogen and oxygen atoms in total. The first kappa shape index (κ1) is 18.7. The molecular weight excluding hydrogens is 372 g/mol. The topological polar surface area (TPSA) is 51.7 Å². The van der Waals surface area contributed by atoms with Gasteiger partial charge < -0.3 is 14.4 Å². The van der Waals surface area contributed by atoms with Crippen LogP contribution in [0, 0.1) is 5.92 Å². The number of benzene rings is 2. The summed E-state index contributed by atoms with van der Waals surface area (Å²) in [4.78, 5) is 19.6. The fourth-order valence-electron chi connectivity index (χ4n) is 3.68. The van der Waals surface area contributed by atoms with Crippen LogP contribution in [0.25, 0.3) is 10.2 Å². The highest BCUT2D eigenvalue weighted by molar-refractivity contribution is 7.22. The molecule has 0 bridgehead atoms. The molecule has 0 N–H and O–H groups in total. The van der Waals surface area contributed by atoms with Crippen molar-refractivity contribution in [2.75, 3.05) is 31.7 Å². The van der Waals surface area contributed by atoms with Crippen LogP contribution in [0.4, 0.5) is 5.13 Å². The van der Waals surface area contributed by atoms with E-state index in [-0.39, 0.29) is 12.4 Å². The van der Waals surface area contributed by atoms with Crippen LogP contribution in [-0.2, 0) is 4.79 Å². The average molecular weight is 397 g/mol. The molecule has 1 unspecified atom stereocenters. The Labute approximate surface area is 168 Å². The van der Waals surface area contributed by atoms with E-state index in [1.54, 1.807) is 18.4 Å². The average Bonchev–Trinajstić information content (AvgIpc) is 3.17. The standard InChI is InChI=1S/C22H24N2O3S/c1-26-19-9-3-4-10-20(19)27-15-17(25)13-16-7-6-12-24(14-16)22-23-18-8-2-5-11-21(18)28-22/h2-5,8-11,16H,6-7,12-15H2,1H3. The van der Waals surface area contributed by atoms with E-state index in [0.717, 1.165) is 36.6 Å². The van der Waals surface area contributed by atoms with Crippen LogP contribution < -0.4 is 14.4 Å². The number of carbonyl (C=O) groups is 1. The second-order valence-corrected chi connectivity index (χ2v) is 8.11. The Morgan fingerprint density at radius 2 is 1.96 bits per heavy atom. The molecule has 28 heavy (non-hydrogen) atoms. The number of methoxy groups -OCH3 is 1. The molecule has 3 aromatic rings. The molecule has 4 rings (SSSR count). The van der Waals surface area contributed by atoms with Gasteiger partial charge in [0.2, 0.25) is 0 Å². The van der Waals surface area contributed by atoms with Crippen LogP contribution in [0.5, 0.6) is 11.5 Å². The molecule has 1 fully saturated rings. The predicted molar refractivity (Wildman–Crippen MR) is 113 cm³/mol. The maximum Gasteiger partial charge on any atom is 0.186 e. The Bertz CT molecular complexity index is 923. The maximum absolute atomic E-state index is 12.5. The molecule has 0 saturated carbocycles. The molecule has 2 heterocycles. The highest BCUT2D eigenvalue weighted by Crippen LogP contribution is 2.32. The number of piperidine rings is 1. The van der Waals surface area contributed by atoms with Gasteiger partial charge in [-0.25, -0.2) is 4.98 Å². The monoisotopic (exact) mass is 396 g/mol. The van der Waals surface area contributed by atoms with Crippen molar-refractivity contribution in [1.29, 1.82) is 0 Å². The van der Waals surface area contributed by atoms with E-state index < -0.39 is 0 Å². The van der Waals surface area contributed by atoms with Gasteiger partial charge in [-0.15, -0.1) is 0 Å². The maximum atomic E-state index is 12.5. The Kier molecular flexibility index (Phi) is 5.76. The number of fused-ring (bicyclic) bond motifs is 1. The normalized spacial score (nSPS) is 16.9. The highest BCUT2D eigenvalue weighted by atomic mass is 32.1. The number of hydrogen-bond acceptors (Lipinski definition) is 6. The number of rotatable bonds is 7. The number of aromatic nitrogens is 1. The van der Waals surface area contributed by atoms with Crippen molar-refractivity contribution in [3.8, 4) is 11.5 Å². The first-order valence-electron chi connectivity index (χ1n) is 9.61. The van der Waals surface area contributed by atoms with Crippen LogP contribution in [0.15, 0.2) is 48.5 Å². The van der Waals surface area contributed by atoms with Gasteiger partial charge in [0.1, 0.15) is 6.61 Å². The highest BCUT2D eigenvalue weighted by Gasteiger charge is 2.24. The lowest BCUT2D eigenvalue weighted by atomic mass is 9.93. The predicted octanol–water partition coefficient (Wildman–Crippen LogP) is 4.56. The van der Waals surface area contributed by atoms with Crippen LogP contribution in [0.2, 0.25) is 0 Å². The molecule has 1 saturated heterocycles. The zero-order chi connectivity index (χ0) is 19.3. The van der Waals surface area contributed by atoms with Crippen LogP contribution in [0.3, 0.4) is 0 Å². The molecule has 6 heteroatoms. The van der Waals surface area contributed by atoms with E-state index in [0.29, 0.717) is 23.8 Å². The Morgan fingerprint density at radius 3 is 2.79 bits per heavy atom. The quantitative estimate of drug-likeness (QED) is 0.586.